The third kappa shape index (κ3) is 5.26. The van der Waals surface area contributed by atoms with Crippen LogP contribution >= 0.6 is 11.6 Å². The third-order valence-electron chi connectivity index (χ3n) is 7.66. The number of aryl methyl sites for hydroxylation is 2. The minimum Gasteiger partial charge on any atom is -0.399 e. The molecule has 7 rings (SSSR count). The SMILES string of the molecule is Cn1cc(-c2ncc3c(B4OC(C)(C)C(C)(C)O4)cccc3n2)cn1.Cn1cc(-c2ncc3c(Cl)cccc3n2)cn1. The number of fused-ring (bicyclic) bond motifs is 2. The average molecular weight is 581 g/mol. The standard InChI is InChI=1S/C18H21BN4O2.C12H9ClN4/c1-17(2)18(3,4)25-19(24-17)14-7-6-8-15-13(14)10-20-16(22-15)12-9-21-23(5)11-12;1-17-7-8(5-15-17)12-14-6-9-10(13)3-2-4-11(9)16-12/h6-11H,1-5H3;2-7H,1H3. The first-order valence-corrected chi connectivity index (χ1v) is 13.9. The summed E-state index contributed by atoms with van der Waals surface area (Å²) in [4.78, 5) is 18.0. The van der Waals surface area contributed by atoms with Crippen molar-refractivity contribution in [1.82, 2.24) is 39.5 Å². The van der Waals surface area contributed by atoms with Gasteiger partial charge < -0.3 is 9.31 Å². The van der Waals surface area contributed by atoms with E-state index >= 15 is 0 Å². The highest BCUT2D eigenvalue weighted by molar-refractivity contribution is 6.65. The summed E-state index contributed by atoms with van der Waals surface area (Å²) in [5.41, 5.74) is 3.69. The monoisotopic (exact) mass is 580 g/mol. The molecule has 42 heavy (non-hydrogen) atoms. The lowest BCUT2D eigenvalue weighted by Crippen LogP contribution is -2.41. The molecule has 0 aliphatic carbocycles. The number of aromatic nitrogens is 8. The fourth-order valence-electron chi connectivity index (χ4n) is 4.62. The molecule has 0 atom stereocenters. The Morgan fingerprint density at radius 3 is 1.71 bits per heavy atom. The molecule has 0 N–H and O–H groups in total. The van der Waals surface area contributed by atoms with E-state index < -0.39 is 7.12 Å². The molecular formula is C30H30BClN8O2. The molecule has 0 saturated carbocycles. The van der Waals surface area contributed by atoms with Gasteiger partial charge in [-0.3, -0.25) is 9.36 Å². The molecule has 0 radical (unpaired) electrons. The average Bonchev–Trinajstić information content (AvgIpc) is 3.65. The normalized spacial score (nSPS) is 15.6. The molecule has 1 saturated heterocycles. The lowest BCUT2D eigenvalue weighted by molar-refractivity contribution is 0.00578. The highest BCUT2D eigenvalue weighted by Crippen LogP contribution is 2.37. The van der Waals surface area contributed by atoms with Crippen LogP contribution in [0.4, 0.5) is 0 Å². The van der Waals surface area contributed by atoms with Crippen molar-refractivity contribution in [3.05, 3.63) is 78.6 Å². The summed E-state index contributed by atoms with van der Waals surface area (Å²) < 4.78 is 15.8. The fraction of sp³-hybridized carbons (Fsp3) is 0.267. The van der Waals surface area contributed by atoms with Gasteiger partial charge in [0, 0.05) is 49.7 Å². The molecule has 1 aliphatic heterocycles. The molecule has 6 aromatic rings. The van der Waals surface area contributed by atoms with Crippen molar-refractivity contribution < 1.29 is 9.31 Å². The number of rotatable bonds is 3. The maximum absolute atomic E-state index is 6.19. The zero-order valence-corrected chi connectivity index (χ0v) is 25.0. The second-order valence-electron chi connectivity index (χ2n) is 11.2. The van der Waals surface area contributed by atoms with Gasteiger partial charge in [-0.2, -0.15) is 10.2 Å². The van der Waals surface area contributed by atoms with Gasteiger partial charge in [-0.15, -0.1) is 0 Å². The van der Waals surface area contributed by atoms with E-state index in [2.05, 4.69) is 57.8 Å². The van der Waals surface area contributed by atoms with Gasteiger partial charge in [-0.25, -0.2) is 19.9 Å². The van der Waals surface area contributed by atoms with Crippen molar-refractivity contribution in [2.45, 2.75) is 38.9 Å². The largest absolute Gasteiger partial charge is 0.495 e. The van der Waals surface area contributed by atoms with E-state index in [0.29, 0.717) is 16.7 Å². The van der Waals surface area contributed by atoms with E-state index in [1.54, 1.807) is 28.0 Å². The van der Waals surface area contributed by atoms with Crippen LogP contribution in [0.5, 0.6) is 0 Å². The minimum atomic E-state index is -0.429. The predicted octanol–water partition coefficient (Wildman–Crippen LogP) is 5.01. The molecule has 4 aromatic heterocycles. The highest BCUT2D eigenvalue weighted by Gasteiger charge is 2.52. The van der Waals surface area contributed by atoms with Gasteiger partial charge >= 0.3 is 7.12 Å². The molecule has 212 valence electrons. The summed E-state index contributed by atoms with van der Waals surface area (Å²) in [5.74, 6) is 1.32. The molecular weight excluding hydrogens is 551 g/mol. The van der Waals surface area contributed by atoms with Crippen molar-refractivity contribution in [2.75, 3.05) is 0 Å². The Morgan fingerprint density at radius 2 is 1.19 bits per heavy atom. The maximum Gasteiger partial charge on any atom is 0.495 e. The van der Waals surface area contributed by atoms with E-state index in [9.17, 15) is 0 Å². The second kappa shape index (κ2) is 10.6. The zero-order valence-electron chi connectivity index (χ0n) is 24.3. The van der Waals surface area contributed by atoms with Crippen LogP contribution in [-0.4, -0.2) is 57.8 Å². The molecule has 1 aliphatic rings. The van der Waals surface area contributed by atoms with Crippen molar-refractivity contribution in [1.29, 1.82) is 0 Å². The van der Waals surface area contributed by atoms with Gasteiger partial charge in [0.1, 0.15) is 0 Å². The molecule has 0 bridgehead atoms. The van der Waals surface area contributed by atoms with E-state index in [1.807, 2.05) is 69.1 Å². The van der Waals surface area contributed by atoms with Crippen molar-refractivity contribution in [3.8, 4) is 22.8 Å². The molecule has 0 unspecified atom stereocenters. The fourth-order valence-corrected chi connectivity index (χ4v) is 4.84. The van der Waals surface area contributed by atoms with Crippen molar-refractivity contribution >= 4 is 46.0 Å². The highest BCUT2D eigenvalue weighted by atomic mass is 35.5. The maximum atomic E-state index is 6.19. The summed E-state index contributed by atoms with van der Waals surface area (Å²) in [6.45, 7) is 8.20. The molecule has 12 heteroatoms. The number of nitrogens with zero attached hydrogens (tertiary/aromatic N) is 8. The van der Waals surface area contributed by atoms with Crippen molar-refractivity contribution in [2.24, 2.45) is 14.1 Å². The molecule has 10 nitrogen and oxygen atoms in total. The van der Waals surface area contributed by atoms with Gasteiger partial charge in [-0.1, -0.05) is 29.8 Å². The molecule has 1 fully saturated rings. The first kappa shape index (κ1) is 28.0. The Labute approximate surface area is 248 Å². The summed E-state index contributed by atoms with van der Waals surface area (Å²) in [7, 11) is 3.31. The third-order valence-corrected chi connectivity index (χ3v) is 7.99. The number of hydrogen-bond donors (Lipinski definition) is 0. The predicted molar refractivity (Wildman–Crippen MR) is 164 cm³/mol. The van der Waals surface area contributed by atoms with Crippen LogP contribution in [0.15, 0.2) is 73.6 Å². The summed E-state index contributed by atoms with van der Waals surface area (Å²) in [5, 5.41) is 10.8. The van der Waals surface area contributed by atoms with E-state index in [-0.39, 0.29) is 11.2 Å². The van der Waals surface area contributed by atoms with Crippen LogP contribution < -0.4 is 5.46 Å². The van der Waals surface area contributed by atoms with Crippen LogP contribution in [-0.2, 0) is 23.4 Å². The quantitative estimate of drug-likeness (QED) is 0.269. The number of hydrogen-bond acceptors (Lipinski definition) is 8. The van der Waals surface area contributed by atoms with E-state index in [1.165, 1.54) is 0 Å². The first-order chi connectivity index (χ1) is 20.0. The van der Waals surface area contributed by atoms with Gasteiger partial charge in [0.25, 0.3) is 0 Å². The molecule has 0 amide bonds. The van der Waals surface area contributed by atoms with Gasteiger partial charge in [0.05, 0.1) is 50.8 Å². The Balaban J connectivity index is 0.000000162. The topological polar surface area (TPSA) is 106 Å². The Morgan fingerprint density at radius 1 is 0.690 bits per heavy atom. The smallest absolute Gasteiger partial charge is 0.399 e. The number of halogens is 1. The van der Waals surface area contributed by atoms with Crippen LogP contribution in [0, 0.1) is 0 Å². The summed E-state index contributed by atoms with van der Waals surface area (Å²) in [6.07, 6.45) is 10.9. The van der Waals surface area contributed by atoms with Crippen LogP contribution in [0.2, 0.25) is 5.02 Å². The summed E-state index contributed by atoms with van der Waals surface area (Å²) in [6, 6.07) is 11.6. The van der Waals surface area contributed by atoms with Gasteiger partial charge in [0.2, 0.25) is 0 Å². The lowest BCUT2D eigenvalue weighted by atomic mass is 9.77. The Kier molecular flexibility index (Phi) is 7.04. The molecule has 5 heterocycles. The zero-order chi connectivity index (χ0) is 29.6. The van der Waals surface area contributed by atoms with Gasteiger partial charge in [-0.05, 0) is 51.4 Å². The van der Waals surface area contributed by atoms with Crippen molar-refractivity contribution in [3.63, 3.8) is 0 Å². The minimum absolute atomic E-state index is 0.379. The Hall–Kier alpha value is -4.19. The van der Waals surface area contributed by atoms with Crippen LogP contribution in [0.1, 0.15) is 27.7 Å². The molecule has 2 aromatic carbocycles. The summed E-state index contributed by atoms with van der Waals surface area (Å²) >= 11 is 6.06. The molecule has 0 spiro atoms. The van der Waals surface area contributed by atoms with Gasteiger partial charge in [0.15, 0.2) is 11.6 Å². The lowest BCUT2D eigenvalue weighted by Gasteiger charge is -2.32. The van der Waals surface area contributed by atoms with E-state index in [4.69, 9.17) is 20.9 Å². The van der Waals surface area contributed by atoms with Crippen LogP contribution in [0.25, 0.3) is 44.6 Å². The second-order valence-corrected chi connectivity index (χ2v) is 11.6. The van der Waals surface area contributed by atoms with Crippen LogP contribution in [0.3, 0.4) is 0 Å². The first-order valence-electron chi connectivity index (χ1n) is 13.5. The Bertz CT molecular complexity index is 1900. The number of benzene rings is 2. The van der Waals surface area contributed by atoms with E-state index in [0.717, 1.165) is 38.4 Å².